The molecule has 0 spiro atoms. The number of nitrogens with two attached hydrogens (primary N) is 1. The Labute approximate surface area is 184 Å². The topological polar surface area (TPSA) is 300 Å². The number of ether oxygens (including phenoxy) is 1. The number of nitrogens with zero attached hydrogens (tertiary/aromatic N) is 5. The van der Waals surface area contributed by atoms with Gasteiger partial charge in [-0.1, -0.05) is 11.7 Å². The number of aliphatic imine (C=N–C) groups is 1. The van der Waals surface area contributed by atoms with E-state index in [0.717, 1.165) is 4.90 Å². The summed E-state index contributed by atoms with van der Waals surface area (Å²) in [6.45, 7) is 1.61. The predicted octanol–water partition coefficient (Wildman–Crippen LogP) is -0.885. The quantitative estimate of drug-likeness (QED) is 0.0771. The minimum absolute atomic E-state index is 0.0290. The van der Waals surface area contributed by atoms with Crippen LogP contribution in [0.5, 0.6) is 0 Å². The summed E-state index contributed by atoms with van der Waals surface area (Å²) in [5.74, 6) is 0.0380. The standard InChI is InChI=1S/C11H19N6O13P3/c1-6-15-7(12)2-3-17(6)10-8(18)9(19)11(28-10,4-14-16-13)5-27-32(23,24)30-33(25,26)29-31(20,21)22/h2-3,8-10,18-19H,1,4-5H2,(H2,12,15)(H,23,24)(H,25,26)(H2,20,21,22)/t8-,9+,10-,11-/m1/s1. The van der Waals surface area contributed by atoms with Gasteiger partial charge in [-0.3, -0.25) is 4.52 Å². The number of phosphoric acid groups is 3. The Balaban J connectivity index is 2.24. The molecule has 0 aromatic rings. The van der Waals surface area contributed by atoms with Crippen molar-refractivity contribution < 1.29 is 61.4 Å². The van der Waals surface area contributed by atoms with Crippen molar-refractivity contribution in [1.29, 1.82) is 0 Å². The maximum Gasteiger partial charge on any atom is 0.490 e. The van der Waals surface area contributed by atoms with E-state index in [4.69, 9.17) is 25.8 Å². The molecule has 0 amide bonds. The van der Waals surface area contributed by atoms with E-state index in [1.807, 2.05) is 0 Å². The summed E-state index contributed by atoms with van der Waals surface area (Å²) in [5.41, 5.74) is 11.9. The van der Waals surface area contributed by atoms with Crippen molar-refractivity contribution in [3.63, 3.8) is 0 Å². The molecular weight excluding hydrogens is 517 g/mol. The highest BCUT2D eigenvalue weighted by Crippen LogP contribution is 2.66. The summed E-state index contributed by atoms with van der Waals surface area (Å²) in [5, 5.41) is 24.2. The largest absolute Gasteiger partial charge is 0.490 e. The monoisotopic (exact) mass is 536 g/mol. The third-order valence-electron chi connectivity index (χ3n) is 4.04. The van der Waals surface area contributed by atoms with Crippen LogP contribution in [0, 0.1) is 0 Å². The number of aliphatic hydroxyl groups is 2. The Morgan fingerprint density at radius 2 is 1.91 bits per heavy atom. The van der Waals surface area contributed by atoms with Gasteiger partial charge in [0.15, 0.2) is 6.23 Å². The van der Waals surface area contributed by atoms with Crippen LogP contribution < -0.4 is 5.73 Å². The first-order valence-corrected chi connectivity index (χ1v) is 12.9. The fourth-order valence-electron chi connectivity index (χ4n) is 2.73. The van der Waals surface area contributed by atoms with Crippen molar-refractivity contribution in [2.75, 3.05) is 13.2 Å². The Bertz CT molecular complexity index is 1040. The molecule has 0 saturated carbocycles. The summed E-state index contributed by atoms with van der Waals surface area (Å²) in [6, 6.07) is 0. The molecule has 2 rings (SSSR count). The lowest BCUT2D eigenvalue weighted by Gasteiger charge is -2.33. The van der Waals surface area contributed by atoms with Crippen LogP contribution in [0.3, 0.4) is 0 Å². The van der Waals surface area contributed by atoms with Crippen molar-refractivity contribution >= 4 is 29.3 Å². The molecule has 6 atom stereocenters. The van der Waals surface area contributed by atoms with Gasteiger partial charge >= 0.3 is 23.5 Å². The first kappa shape index (κ1) is 27.6. The van der Waals surface area contributed by atoms with Gasteiger partial charge < -0.3 is 45.2 Å². The molecule has 0 aromatic heterocycles. The van der Waals surface area contributed by atoms with E-state index in [2.05, 4.69) is 34.7 Å². The van der Waals surface area contributed by atoms with Crippen LogP contribution in [0.4, 0.5) is 0 Å². The molecular formula is C11H19N6O13P3. The van der Waals surface area contributed by atoms with Crippen molar-refractivity contribution in [2.45, 2.75) is 24.0 Å². The molecule has 2 unspecified atom stereocenters. The molecule has 2 heterocycles. The van der Waals surface area contributed by atoms with Gasteiger partial charge in [-0.2, -0.15) is 8.62 Å². The first-order chi connectivity index (χ1) is 15.0. The number of phosphoric ester groups is 1. The SMILES string of the molecule is C=C1N=C(N)C=CN1[C@@H]1O[C@](CN=[N+]=[N-])(COP(=O)(O)OP(=O)(O)OP(=O)(O)O)[C@@H](O)[C@H]1O. The maximum atomic E-state index is 12.0. The normalized spacial score (nSPS) is 31.5. The first-order valence-electron chi connectivity index (χ1n) is 8.34. The molecule has 22 heteroatoms. The van der Waals surface area contributed by atoms with Crippen molar-refractivity contribution in [3.05, 3.63) is 35.1 Å². The molecule has 186 valence electrons. The number of amidine groups is 1. The molecule has 2 aliphatic rings. The molecule has 33 heavy (non-hydrogen) atoms. The third kappa shape index (κ3) is 7.16. The van der Waals surface area contributed by atoms with E-state index in [1.165, 1.54) is 12.3 Å². The molecule has 0 bridgehead atoms. The summed E-state index contributed by atoms with van der Waals surface area (Å²) < 4.78 is 51.4. The maximum absolute atomic E-state index is 12.0. The van der Waals surface area contributed by atoms with Gasteiger partial charge in [0.05, 0.1) is 13.2 Å². The molecule has 0 radical (unpaired) electrons. The Hall–Kier alpha value is -1.65. The van der Waals surface area contributed by atoms with Crippen molar-refractivity contribution in [2.24, 2.45) is 15.8 Å². The second-order valence-electron chi connectivity index (χ2n) is 6.44. The Kier molecular flexibility index (Phi) is 8.29. The summed E-state index contributed by atoms with van der Waals surface area (Å²) >= 11 is 0. The summed E-state index contributed by atoms with van der Waals surface area (Å²) in [7, 11) is -17.0. The van der Waals surface area contributed by atoms with Crippen LogP contribution in [0.1, 0.15) is 0 Å². The average molecular weight is 536 g/mol. The van der Waals surface area contributed by atoms with Gasteiger partial charge in [0.2, 0.25) is 0 Å². The Morgan fingerprint density at radius 3 is 2.45 bits per heavy atom. The minimum atomic E-state index is -5.81. The molecule has 2 aliphatic heterocycles. The van der Waals surface area contributed by atoms with Gasteiger partial charge in [0.25, 0.3) is 0 Å². The number of hydrogen-bond acceptors (Lipinski definition) is 13. The summed E-state index contributed by atoms with van der Waals surface area (Å²) in [6.07, 6.45) is -2.56. The van der Waals surface area contributed by atoms with Crippen LogP contribution in [-0.2, 0) is 31.6 Å². The highest BCUT2D eigenvalue weighted by molar-refractivity contribution is 7.66. The molecule has 8 N–H and O–H groups in total. The molecule has 0 aromatic carbocycles. The average Bonchev–Trinajstić information content (AvgIpc) is 2.88. The number of aliphatic hydroxyl groups excluding tert-OH is 2. The van der Waals surface area contributed by atoms with Crippen LogP contribution in [-0.4, -0.2) is 77.7 Å². The van der Waals surface area contributed by atoms with E-state index in [-0.39, 0.29) is 11.7 Å². The fraction of sp³-hybridized carbons (Fsp3) is 0.545. The van der Waals surface area contributed by atoms with Crippen LogP contribution in [0.25, 0.3) is 10.4 Å². The number of azide groups is 1. The molecule has 1 saturated heterocycles. The van der Waals surface area contributed by atoms with Crippen LogP contribution >= 0.6 is 23.5 Å². The molecule has 19 nitrogen and oxygen atoms in total. The van der Waals surface area contributed by atoms with Crippen LogP contribution in [0.2, 0.25) is 0 Å². The highest BCUT2D eigenvalue weighted by Gasteiger charge is 2.57. The lowest BCUT2D eigenvalue weighted by Crippen LogP contribution is -2.49. The lowest BCUT2D eigenvalue weighted by atomic mass is 9.96. The van der Waals surface area contributed by atoms with Crippen molar-refractivity contribution in [1.82, 2.24) is 4.90 Å². The van der Waals surface area contributed by atoms with E-state index in [1.54, 1.807) is 0 Å². The smallest absolute Gasteiger partial charge is 0.387 e. The lowest BCUT2D eigenvalue weighted by molar-refractivity contribution is -0.127. The van der Waals surface area contributed by atoms with E-state index < -0.39 is 60.7 Å². The van der Waals surface area contributed by atoms with Gasteiger partial charge in [-0.05, 0) is 11.6 Å². The van der Waals surface area contributed by atoms with Crippen LogP contribution in [0.15, 0.2) is 34.8 Å². The fourth-order valence-corrected chi connectivity index (χ4v) is 5.80. The van der Waals surface area contributed by atoms with Gasteiger partial charge in [-0.25, -0.2) is 18.7 Å². The predicted molar refractivity (Wildman–Crippen MR) is 105 cm³/mol. The molecule has 0 aliphatic carbocycles. The number of hydrogen-bond donors (Lipinski definition) is 7. The van der Waals surface area contributed by atoms with E-state index >= 15 is 0 Å². The minimum Gasteiger partial charge on any atom is -0.387 e. The molecule has 1 fully saturated rings. The van der Waals surface area contributed by atoms with Gasteiger partial charge in [-0.15, -0.1) is 0 Å². The highest BCUT2D eigenvalue weighted by atomic mass is 31.3. The Morgan fingerprint density at radius 1 is 1.27 bits per heavy atom. The van der Waals surface area contributed by atoms with Gasteiger partial charge in [0.1, 0.15) is 29.5 Å². The summed E-state index contributed by atoms with van der Waals surface area (Å²) in [4.78, 5) is 43.4. The number of rotatable bonds is 10. The zero-order chi connectivity index (χ0) is 25.2. The zero-order valence-electron chi connectivity index (χ0n) is 16.2. The van der Waals surface area contributed by atoms with E-state index in [9.17, 15) is 33.7 Å². The zero-order valence-corrected chi connectivity index (χ0v) is 18.9. The second-order valence-corrected chi connectivity index (χ2v) is 10.9. The van der Waals surface area contributed by atoms with Gasteiger partial charge in [0, 0.05) is 11.1 Å². The second kappa shape index (κ2) is 9.92. The van der Waals surface area contributed by atoms with E-state index in [0.29, 0.717) is 0 Å². The van der Waals surface area contributed by atoms with Crippen molar-refractivity contribution in [3.8, 4) is 0 Å². The third-order valence-corrected chi connectivity index (χ3v) is 7.82.